The van der Waals surface area contributed by atoms with E-state index in [-0.39, 0.29) is 23.8 Å². The highest BCUT2D eigenvalue weighted by Crippen LogP contribution is 2.35. The van der Waals surface area contributed by atoms with E-state index >= 15 is 0 Å². The normalized spacial score (nSPS) is 11.6. The Bertz CT molecular complexity index is 501. The van der Waals surface area contributed by atoms with Crippen LogP contribution < -0.4 is 16.0 Å². The lowest BCUT2D eigenvalue weighted by molar-refractivity contribution is -0.136. The largest absolute Gasteiger partial charge is 0.418 e. The van der Waals surface area contributed by atoms with Gasteiger partial charge in [-0.1, -0.05) is 13.8 Å². The Morgan fingerprint density at radius 1 is 1.38 bits per heavy atom. The number of nitrogen functional groups attached to an aromatic ring is 1. The summed E-state index contributed by atoms with van der Waals surface area (Å²) in [6.45, 7) is 4.43. The fourth-order valence-electron chi connectivity index (χ4n) is 1.71. The molecule has 0 fully saturated rings. The topological polar surface area (TPSA) is 58.4 Å². The Hall–Kier alpha value is -1.92. The van der Waals surface area contributed by atoms with E-state index in [0.29, 0.717) is 12.5 Å². The second kappa shape index (κ2) is 6.69. The summed E-state index contributed by atoms with van der Waals surface area (Å²) in [4.78, 5) is 13.1. The number of carbonyl (C=O) groups excluding carboxylic acids is 1. The number of halogens is 3. The Morgan fingerprint density at radius 3 is 2.52 bits per heavy atom. The first-order valence-electron chi connectivity index (χ1n) is 6.55. The first kappa shape index (κ1) is 17.1. The van der Waals surface area contributed by atoms with Crippen LogP contribution in [0.2, 0.25) is 0 Å². The second-order valence-electron chi connectivity index (χ2n) is 5.32. The van der Waals surface area contributed by atoms with Crippen molar-refractivity contribution in [2.75, 3.05) is 30.8 Å². The monoisotopic (exact) mass is 303 g/mol. The van der Waals surface area contributed by atoms with Gasteiger partial charge in [-0.3, -0.25) is 4.79 Å². The Balaban J connectivity index is 2.79. The third kappa shape index (κ3) is 5.17. The van der Waals surface area contributed by atoms with Gasteiger partial charge in [-0.2, -0.15) is 13.2 Å². The minimum Gasteiger partial charge on any atom is -0.398 e. The third-order valence-electron chi connectivity index (χ3n) is 2.87. The van der Waals surface area contributed by atoms with E-state index < -0.39 is 11.7 Å². The second-order valence-corrected chi connectivity index (χ2v) is 5.32. The van der Waals surface area contributed by atoms with Gasteiger partial charge < -0.3 is 16.0 Å². The number of nitrogens with two attached hydrogens (primary N) is 1. The van der Waals surface area contributed by atoms with Crippen LogP contribution in [0, 0.1) is 5.92 Å². The molecule has 0 aliphatic carbocycles. The molecule has 0 saturated carbocycles. The average Bonchev–Trinajstić information content (AvgIpc) is 2.35. The summed E-state index contributed by atoms with van der Waals surface area (Å²) >= 11 is 0. The van der Waals surface area contributed by atoms with Crippen LogP contribution in [-0.2, 0) is 11.0 Å². The van der Waals surface area contributed by atoms with Crippen molar-refractivity contribution >= 4 is 17.3 Å². The quantitative estimate of drug-likeness (QED) is 0.822. The van der Waals surface area contributed by atoms with Crippen molar-refractivity contribution in [1.82, 2.24) is 5.32 Å². The van der Waals surface area contributed by atoms with Gasteiger partial charge in [0, 0.05) is 25.0 Å². The van der Waals surface area contributed by atoms with Gasteiger partial charge in [-0.25, -0.2) is 0 Å². The molecule has 0 aromatic heterocycles. The smallest absolute Gasteiger partial charge is 0.398 e. The third-order valence-corrected chi connectivity index (χ3v) is 2.87. The fraction of sp³-hybridized carbons (Fsp3) is 0.500. The number of nitrogens with one attached hydrogen (secondary N) is 1. The van der Waals surface area contributed by atoms with Crippen molar-refractivity contribution in [3.8, 4) is 0 Å². The molecule has 0 atom stereocenters. The lowest BCUT2D eigenvalue weighted by Gasteiger charge is -2.21. The fourth-order valence-corrected chi connectivity index (χ4v) is 1.71. The maximum atomic E-state index is 12.8. The zero-order chi connectivity index (χ0) is 16.2. The highest BCUT2D eigenvalue weighted by atomic mass is 19.4. The first-order valence-corrected chi connectivity index (χ1v) is 6.55. The summed E-state index contributed by atoms with van der Waals surface area (Å²) in [5.41, 5.74) is 4.40. The Kier molecular flexibility index (Phi) is 5.46. The van der Waals surface area contributed by atoms with Crippen LogP contribution >= 0.6 is 0 Å². The number of anilines is 2. The number of hydrogen-bond donors (Lipinski definition) is 2. The molecule has 21 heavy (non-hydrogen) atoms. The molecule has 0 saturated heterocycles. The van der Waals surface area contributed by atoms with Crippen LogP contribution in [-0.4, -0.2) is 26.0 Å². The van der Waals surface area contributed by atoms with Crippen molar-refractivity contribution in [3.05, 3.63) is 23.8 Å². The Labute approximate surface area is 122 Å². The molecule has 0 aliphatic heterocycles. The lowest BCUT2D eigenvalue weighted by Crippen LogP contribution is -2.36. The van der Waals surface area contributed by atoms with Crippen molar-refractivity contribution in [2.24, 2.45) is 5.92 Å². The molecule has 1 aromatic carbocycles. The molecule has 0 aliphatic rings. The number of benzene rings is 1. The number of nitrogens with zero attached hydrogens (tertiary/aromatic N) is 1. The molecule has 118 valence electrons. The van der Waals surface area contributed by atoms with Gasteiger partial charge in [0.05, 0.1) is 12.1 Å². The van der Waals surface area contributed by atoms with E-state index in [1.807, 2.05) is 13.8 Å². The van der Waals surface area contributed by atoms with Crippen LogP contribution in [0.4, 0.5) is 24.5 Å². The standard InChI is InChI=1S/C14H20F3N3O/c1-9(2)7-19-13(21)8-20(3)10-4-5-12(18)11(6-10)14(15,16)17/h4-6,9H,7-8,18H2,1-3H3,(H,19,21). The molecule has 0 unspecified atom stereocenters. The van der Waals surface area contributed by atoms with Crippen molar-refractivity contribution in [3.63, 3.8) is 0 Å². The van der Waals surface area contributed by atoms with Gasteiger partial charge in [-0.05, 0) is 24.1 Å². The van der Waals surface area contributed by atoms with Crippen LogP contribution in [0.15, 0.2) is 18.2 Å². The van der Waals surface area contributed by atoms with Gasteiger partial charge in [0.1, 0.15) is 0 Å². The first-order chi connectivity index (χ1) is 9.61. The number of amides is 1. The molecule has 1 rings (SSSR count). The summed E-state index contributed by atoms with van der Waals surface area (Å²) < 4.78 is 38.4. The summed E-state index contributed by atoms with van der Waals surface area (Å²) in [5, 5.41) is 2.71. The van der Waals surface area contributed by atoms with Crippen molar-refractivity contribution in [2.45, 2.75) is 20.0 Å². The summed E-state index contributed by atoms with van der Waals surface area (Å²) in [7, 11) is 1.56. The van der Waals surface area contributed by atoms with Crippen molar-refractivity contribution < 1.29 is 18.0 Å². The van der Waals surface area contributed by atoms with E-state index in [0.717, 1.165) is 6.07 Å². The number of carbonyl (C=O) groups is 1. The summed E-state index contributed by atoms with van der Waals surface area (Å²) in [6.07, 6.45) is -4.51. The van der Waals surface area contributed by atoms with E-state index in [1.54, 1.807) is 7.05 Å². The van der Waals surface area contributed by atoms with Gasteiger partial charge in [-0.15, -0.1) is 0 Å². The molecule has 0 heterocycles. The highest BCUT2D eigenvalue weighted by molar-refractivity contribution is 5.81. The van der Waals surface area contributed by atoms with E-state index in [1.165, 1.54) is 17.0 Å². The number of hydrogen-bond acceptors (Lipinski definition) is 3. The highest BCUT2D eigenvalue weighted by Gasteiger charge is 2.33. The maximum Gasteiger partial charge on any atom is 0.418 e. The van der Waals surface area contributed by atoms with Gasteiger partial charge in [0.25, 0.3) is 0 Å². The van der Waals surface area contributed by atoms with Crippen LogP contribution in [0.3, 0.4) is 0 Å². The SMILES string of the molecule is CC(C)CNC(=O)CN(C)c1ccc(N)c(C(F)(F)F)c1. The molecule has 1 aromatic rings. The number of rotatable bonds is 5. The van der Waals surface area contributed by atoms with Gasteiger partial charge in [0.2, 0.25) is 5.91 Å². The number of alkyl halides is 3. The molecular formula is C14H20F3N3O. The maximum absolute atomic E-state index is 12.8. The van der Waals surface area contributed by atoms with Crippen LogP contribution in [0.25, 0.3) is 0 Å². The zero-order valence-corrected chi connectivity index (χ0v) is 12.3. The molecule has 4 nitrogen and oxygen atoms in total. The van der Waals surface area contributed by atoms with E-state index in [2.05, 4.69) is 5.32 Å². The summed E-state index contributed by atoms with van der Waals surface area (Å²) in [6, 6.07) is 3.60. The molecule has 0 spiro atoms. The molecular weight excluding hydrogens is 283 g/mol. The average molecular weight is 303 g/mol. The Morgan fingerprint density at radius 2 is 2.00 bits per heavy atom. The predicted molar refractivity (Wildman–Crippen MR) is 77.0 cm³/mol. The van der Waals surface area contributed by atoms with Gasteiger partial charge >= 0.3 is 6.18 Å². The zero-order valence-electron chi connectivity index (χ0n) is 12.3. The lowest BCUT2D eigenvalue weighted by atomic mass is 10.1. The minimum atomic E-state index is -4.51. The molecule has 0 radical (unpaired) electrons. The molecule has 7 heteroatoms. The van der Waals surface area contributed by atoms with Gasteiger partial charge in [0.15, 0.2) is 0 Å². The van der Waals surface area contributed by atoms with E-state index in [9.17, 15) is 18.0 Å². The minimum absolute atomic E-state index is 0.0199. The summed E-state index contributed by atoms with van der Waals surface area (Å²) in [5.74, 6) is 0.0733. The van der Waals surface area contributed by atoms with Crippen molar-refractivity contribution in [1.29, 1.82) is 0 Å². The number of likely N-dealkylation sites (N-methyl/N-ethyl adjacent to an activating group) is 1. The molecule has 0 bridgehead atoms. The molecule has 1 amide bonds. The van der Waals surface area contributed by atoms with Crippen LogP contribution in [0.1, 0.15) is 19.4 Å². The predicted octanol–water partition coefficient (Wildman–Crippen LogP) is 2.50. The molecule has 3 N–H and O–H groups in total. The van der Waals surface area contributed by atoms with Crippen LogP contribution in [0.5, 0.6) is 0 Å². The van der Waals surface area contributed by atoms with E-state index in [4.69, 9.17) is 5.73 Å².